The number of nitrogens with one attached hydrogen (secondary N) is 2. The van der Waals surface area contributed by atoms with Crippen LogP contribution in [0.15, 0.2) is 18.3 Å². The molecule has 162 valence electrons. The molecule has 2 aliphatic rings. The van der Waals surface area contributed by atoms with Crippen LogP contribution in [-0.4, -0.2) is 72.4 Å². The first-order valence-corrected chi connectivity index (χ1v) is 10.1. The molecular formula is C21H23N5O5. The minimum Gasteiger partial charge on any atom is -0.485 e. The Morgan fingerprint density at radius 2 is 1.90 bits per heavy atom. The van der Waals surface area contributed by atoms with Gasteiger partial charge in [0.05, 0.1) is 37.0 Å². The van der Waals surface area contributed by atoms with Gasteiger partial charge in [-0.1, -0.05) is 0 Å². The third kappa shape index (κ3) is 3.48. The minimum atomic E-state index is -0.0993. The number of benzene rings is 1. The molecule has 3 aromatic rings. The Hall–Kier alpha value is -3.53. The van der Waals surface area contributed by atoms with Crippen molar-refractivity contribution >= 4 is 28.6 Å². The lowest BCUT2D eigenvalue weighted by atomic mass is 10.1. The standard InChI is InChI=1S/C21H23N5O5/c1-12-11-22-18-15(12)19(28-2)25-21(24-18)23-14-4-3-13(16-17(14)31-10-9-30-16)20(27)26-5-7-29-8-6-26/h3-4,11H,5-10H2,1-2H3,(H2,22,23,24,25). The highest BCUT2D eigenvalue weighted by Gasteiger charge is 2.28. The van der Waals surface area contributed by atoms with Gasteiger partial charge in [0.15, 0.2) is 11.5 Å². The van der Waals surface area contributed by atoms with Crippen LogP contribution in [0.25, 0.3) is 11.0 Å². The van der Waals surface area contributed by atoms with Crippen LogP contribution in [0, 0.1) is 6.92 Å². The number of anilines is 2. The van der Waals surface area contributed by atoms with Gasteiger partial charge in [0, 0.05) is 19.3 Å². The van der Waals surface area contributed by atoms with Gasteiger partial charge in [-0.05, 0) is 24.6 Å². The van der Waals surface area contributed by atoms with E-state index >= 15 is 0 Å². The molecule has 4 heterocycles. The fraction of sp³-hybridized carbons (Fsp3) is 0.381. The fourth-order valence-corrected chi connectivity index (χ4v) is 3.81. The smallest absolute Gasteiger partial charge is 0.257 e. The van der Waals surface area contributed by atoms with Crippen LogP contribution in [0.4, 0.5) is 11.6 Å². The van der Waals surface area contributed by atoms with E-state index < -0.39 is 0 Å². The molecule has 0 atom stereocenters. The van der Waals surface area contributed by atoms with E-state index in [4.69, 9.17) is 18.9 Å². The average Bonchev–Trinajstić information content (AvgIpc) is 3.19. The highest BCUT2D eigenvalue weighted by atomic mass is 16.6. The summed E-state index contributed by atoms with van der Waals surface area (Å²) in [5.41, 5.74) is 2.74. The van der Waals surface area contributed by atoms with Crippen LogP contribution < -0.4 is 19.5 Å². The molecule has 2 aromatic heterocycles. The molecule has 1 saturated heterocycles. The lowest BCUT2D eigenvalue weighted by Crippen LogP contribution is -2.41. The molecule has 0 spiro atoms. The Labute approximate surface area is 178 Å². The fourth-order valence-electron chi connectivity index (χ4n) is 3.81. The number of hydrogen-bond donors (Lipinski definition) is 2. The lowest BCUT2D eigenvalue weighted by molar-refractivity contribution is 0.0298. The number of amides is 1. The molecule has 0 radical (unpaired) electrons. The molecule has 0 unspecified atom stereocenters. The van der Waals surface area contributed by atoms with Gasteiger partial charge in [0.25, 0.3) is 5.91 Å². The van der Waals surface area contributed by atoms with Crippen LogP contribution in [0.2, 0.25) is 0 Å². The Balaban J connectivity index is 1.50. The number of fused-ring (bicyclic) bond motifs is 2. The number of aromatic amines is 1. The van der Waals surface area contributed by atoms with Gasteiger partial charge in [-0.15, -0.1) is 0 Å². The molecule has 1 aromatic carbocycles. The van der Waals surface area contributed by atoms with E-state index in [1.807, 2.05) is 13.1 Å². The maximum absolute atomic E-state index is 13.0. The zero-order valence-corrected chi connectivity index (χ0v) is 17.4. The normalized spacial score (nSPS) is 15.7. The van der Waals surface area contributed by atoms with E-state index in [0.717, 1.165) is 10.9 Å². The van der Waals surface area contributed by atoms with Crippen molar-refractivity contribution < 1.29 is 23.7 Å². The molecule has 0 bridgehead atoms. The quantitative estimate of drug-likeness (QED) is 0.655. The van der Waals surface area contributed by atoms with E-state index in [0.29, 0.717) is 79.7 Å². The van der Waals surface area contributed by atoms with Crippen LogP contribution in [0.1, 0.15) is 15.9 Å². The summed E-state index contributed by atoms with van der Waals surface area (Å²) in [5.74, 6) is 1.61. The first-order chi connectivity index (χ1) is 15.2. The molecule has 0 saturated carbocycles. The molecular weight excluding hydrogens is 402 g/mol. The average molecular weight is 425 g/mol. The van der Waals surface area contributed by atoms with Crippen molar-refractivity contribution in [1.82, 2.24) is 19.9 Å². The Kier molecular flexibility index (Phi) is 4.99. The number of carbonyl (C=O) groups is 1. The summed E-state index contributed by atoms with van der Waals surface area (Å²) in [6.45, 7) is 4.89. The number of methoxy groups -OCH3 is 1. The van der Waals surface area contributed by atoms with Gasteiger partial charge >= 0.3 is 0 Å². The molecule has 10 nitrogen and oxygen atoms in total. The number of morpholine rings is 1. The van der Waals surface area contributed by atoms with Gasteiger partial charge in [0.1, 0.15) is 18.9 Å². The Bertz CT molecular complexity index is 1140. The molecule has 2 aliphatic heterocycles. The highest BCUT2D eigenvalue weighted by molar-refractivity contribution is 5.99. The highest BCUT2D eigenvalue weighted by Crippen LogP contribution is 2.42. The number of nitrogens with zero attached hydrogens (tertiary/aromatic N) is 3. The zero-order valence-electron chi connectivity index (χ0n) is 17.4. The van der Waals surface area contributed by atoms with Crippen molar-refractivity contribution in [3.05, 3.63) is 29.5 Å². The van der Waals surface area contributed by atoms with Crippen molar-refractivity contribution in [2.75, 3.05) is 51.9 Å². The number of rotatable bonds is 4. The third-order valence-electron chi connectivity index (χ3n) is 5.35. The van der Waals surface area contributed by atoms with E-state index in [-0.39, 0.29) is 5.91 Å². The van der Waals surface area contributed by atoms with Crippen molar-refractivity contribution in [2.45, 2.75) is 6.92 Å². The summed E-state index contributed by atoms with van der Waals surface area (Å²) < 4.78 is 22.5. The molecule has 1 amide bonds. The van der Waals surface area contributed by atoms with Crippen LogP contribution in [-0.2, 0) is 4.74 Å². The van der Waals surface area contributed by atoms with Gasteiger partial charge in [-0.3, -0.25) is 4.79 Å². The minimum absolute atomic E-state index is 0.0993. The summed E-state index contributed by atoms with van der Waals surface area (Å²) in [6.07, 6.45) is 1.86. The number of hydrogen-bond acceptors (Lipinski definition) is 8. The SMILES string of the molecule is COc1nc(Nc2ccc(C(=O)N3CCOCC3)c3c2OCCO3)nc2[nH]cc(C)c12. The van der Waals surface area contributed by atoms with E-state index in [1.165, 1.54) is 0 Å². The Morgan fingerprint density at radius 3 is 2.68 bits per heavy atom. The predicted octanol–water partition coefficient (Wildman–Crippen LogP) is 2.26. The van der Waals surface area contributed by atoms with Crippen molar-refractivity contribution in [1.29, 1.82) is 0 Å². The van der Waals surface area contributed by atoms with Gasteiger partial charge in [-0.2, -0.15) is 9.97 Å². The van der Waals surface area contributed by atoms with Crippen molar-refractivity contribution in [3.8, 4) is 17.4 Å². The van der Waals surface area contributed by atoms with Gasteiger partial charge in [0.2, 0.25) is 11.8 Å². The van der Waals surface area contributed by atoms with Crippen LogP contribution in [0.5, 0.6) is 17.4 Å². The van der Waals surface area contributed by atoms with Crippen molar-refractivity contribution in [2.24, 2.45) is 0 Å². The molecule has 2 N–H and O–H groups in total. The summed E-state index contributed by atoms with van der Waals surface area (Å²) >= 11 is 0. The lowest BCUT2D eigenvalue weighted by Gasteiger charge is -2.29. The first kappa shape index (κ1) is 19.4. The first-order valence-electron chi connectivity index (χ1n) is 10.1. The monoisotopic (exact) mass is 425 g/mol. The molecule has 5 rings (SSSR count). The van der Waals surface area contributed by atoms with E-state index in [1.54, 1.807) is 24.1 Å². The molecule has 1 fully saturated rings. The second kappa shape index (κ2) is 7.95. The second-order valence-electron chi connectivity index (χ2n) is 7.30. The summed E-state index contributed by atoms with van der Waals surface area (Å²) in [6, 6.07) is 3.52. The topological polar surface area (TPSA) is 111 Å². The molecule has 10 heteroatoms. The summed E-state index contributed by atoms with van der Waals surface area (Å²) in [4.78, 5) is 26.9. The van der Waals surface area contributed by atoms with E-state index in [2.05, 4.69) is 20.3 Å². The number of carbonyl (C=O) groups excluding carboxylic acids is 1. The largest absolute Gasteiger partial charge is 0.485 e. The third-order valence-corrected chi connectivity index (χ3v) is 5.35. The number of H-pyrrole nitrogens is 1. The maximum Gasteiger partial charge on any atom is 0.257 e. The maximum atomic E-state index is 13.0. The van der Waals surface area contributed by atoms with Crippen LogP contribution >= 0.6 is 0 Å². The number of aryl methyl sites for hydroxylation is 1. The van der Waals surface area contributed by atoms with E-state index in [9.17, 15) is 4.79 Å². The van der Waals surface area contributed by atoms with Gasteiger partial charge in [-0.25, -0.2) is 0 Å². The Morgan fingerprint density at radius 1 is 1.13 bits per heavy atom. The molecule has 0 aliphatic carbocycles. The van der Waals surface area contributed by atoms with Crippen LogP contribution in [0.3, 0.4) is 0 Å². The molecule has 31 heavy (non-hydrogen) atoms. The number of aromatic nitrogens is 3. The predicted molar refractivity (Wildman–Crippen MR) is 113 cm³/mol. The number of ether oxygens (including phenoxy) is 4. The second-order valence-corrected chi connectivity index (χ2v) is 7.30. The zero-order chi connectivity index (χ0) is 21.4. The summed E-state index contributed by atoms with van der Waals surface area (Å²) in [5, 5.41) is 4.02. The van der Waals surface area contributed by atoms with Gasteiger partial charge < -0.3 is 34.1 Å². The van der Waals surface area contributed by atoms with Crippen molar-refractivity contribution in [3.63, 3.8) is 0 Å². The summed E-state index contributed by atoms with van der Waals surface area (Å²) in [7, 11) is 1.57.